The number of hydrogen-bond donors (Lipinski definition) is 0. The van der Waals surface area contributed by atoms with E-state index in [1.165, 1.54) is 69.1 Å². The Morgan fingerprint density at radius 3 is 2.00 bits per heavy atom. The first kappa shape index (κ1) is 32.4. The fraction of sp³-hybridized carbons (Fsp3) is 0.100. The summed E-state index contributed by atoms with van der Waals surface area (Å²) in [6.07, 6.45) is 5.99. The van der Waals surface area contributed by atoms with Crippen molar-refractivity contribution in [3.8, 4) is 22.8 Å². The number of rotatable bonds is 5. The van der Waals surface area contributed by atoms with Crippen molar-refractivity contribution in [1.82, 2.24) is 14.1 Å². The van der Waals surface area contributed by atoms with Gasteiger partial charge in [-0.1, -0.05) is 112 Å². The maximum atomic E-state index is 5.16. The van der Waals surface area contributed by atoms with Gasteiger partial charge in [0.2, 0.25) is 0 Å². The molecule has 0 atom stereocenters. The third-order valence-electron chi connectivity index (χ3n) is 11.0. The molecule has 4 heteroatoms. The molecule has 0 saturated carbocycles. The molecule has 10 aromatic rings. The Labute approximate surface area is 318 Å². The van der Waals surface area contributed by atoms with E-state index in [1.54, 1.807) is 0 Å². The van der Waals surface area contributed by atoms with Crippen LogP contribution in [0.4, 0.5) is 0 Å². The van der Waals surface area contributed by atoms with Gasteiger partial charge in [-0.25, -0.2) is 4.98 Å². The van der Waals surface area contributed by atoms with E-state index < -0.39 is 0 Å². The molecule has 0 aliphatic heterocycles. The van der Waals surface area contributed by atoms with E-state index in [2.05, 4.69) is 170 Å². The lowest BCUT2D eigenvalue weighted by atomic mass is 9.86. The van der Waals surface area contributed by atoms with E-state index in [0.29, 0.717) is 0 Å². The Kier molecular flexibility index (Phi) is 7.30. The second kappa shape index (κ2) is 12.2. The molecule has 10 rings (SSSR count). The molecule has 0 saturated heterocycles. The van der Waals surface area contributed by atoms with E-state index in [4.69, 9.17) is 4.98 Å². The number of allylic oxidation sites excluding steroid dienone is 1. The topological polar surface area (TPSA) is 22.8 Å². The highest BCUT2D eigenvalue weighted by Gasteiger charge is 2.24. The van der Waals surface area contributed by atoms with E-state index in [-0.39, 0.29) is 5.41 Å². The number of imidazole rings is 1. The summed E-state index contributed by atoms with van der Waals surface area (Å²) < 4.78 is 7.37. The molecule has 0 fully saturated rings. The molecule has 260 valence electrons. The summed E-state index contributed by atoms with van der Waals surface area (Å²) in [5.74, 6) is 0.885. The van der Waals surface area contributed by atoms with Gasteiger partial charge in [-0.05, 0) is 101 Å². The van der Waals surface area contributed by atoms with Crippen molar-refractivity contribution in [3.05, 3.63) is 163 Å². The first-order chi connectivity index (χ1) is 26.4. The van der Waals surface area contributed by atoms with Crippen molar-refractivity contribution < 1.29 is 0 Å². The number of aromatic nitrogens is 3. The summed E-state index contributed by atoms with van der Waals surface area (Å²) in [5.41, 5.74) is 8.97. The Balaban J connectivity index is 1.28. The van der Waals surface area contributed by atoms with Gasteiger partial charge in [-0.3, -0.25) is 4.57 Å². The summed E-state index contributed by atoms with van der Waals surface area (Å²) in [6.45, 7) is 13.1. The van der Waals surface area contributed by atoms with E-state index in [0.717, 1.165) is 34.2 Å². The van der Waals surface area contributed by atoms with Gasteiger partial charge >= 0.3 is 0 Å². The lowest BCUT2D eigenvalue weighted by Gasteiger charge is -2.18. The van der Waals surface area contributed by atoms with Crippen LogP contribution < -0.4 is 0 Å². The summed E-state index contributed by atoms with van der Waals surface area (Å²) >= 11 is 1.92. The van der Waals surface area contributed by atoms with Crippen molar-refractivity contribution in [2.75, 3.05) is 0 Å². The predicted octanol–water partition coefficient (Wildman–Crippen LogP) is 14.3. The number of nitrogens with zero attached hydrogens (tertiary/aromatic N) is 3. The van der Waals surface area contributed by atoms with Crippen LogP contribution in [0.3, 0.4) is 0 Å². The van der Waals surface area contributed by atoms with Crippen molar-refractivity contribution in [2.24, 2.45) is 0 Å². The van der Waals surface area contributed by atoms with Gasteiger partial charge in [0.15, 0.2) is 0 Å². The molecule has 0 amide bonds. The second-order valence-electron chi connectivity index (χ2n) is 15.2. The van der Waals surface area contributed by atoms with Gasteiger partial charge < -0.3 is 4.57 Å². The zero-order valence-corrected chi connectivity index (χ0v) is 31.7. The maximum Gasteiger partial charge on any atom is 0.145 e. The minimum atomic E-state index is 0.0730. The van der Waals surface area contributed by atoms with Crippen LogP contribution in [0.25, 0.3) is 98.4 Å². The fourth-order valence-electron chi connectivity index (χ4n) is 8.44. The first-order valence-corrected chi connectivity index (χ1v) is 19.4. The van der Waals surface area contributed by atoms with Crippen LogP contribution in [0.1, 0.15) is 44.6 Å². The number of thiophene rings is 1. The van der Waals surface area contributed by atoms with Crippen LogP contribution in [-0.4, -0.2) is 14.1 Å². The number of para-hydroxylation sites is 1. The van der Waals surface area contributed by atoms with Crippen LogP contribution in [0.5, 0.6) is 0 Å². The molecule has 0 radical (unpaired) electrons. The molecule has 0 spiro atoms. The minimum Gasteiger partial charge on any atom is -0.309 e. The highest BCUT2D eigenvalue weighted by atomic mass is 32.1. The van der Waals surface area contributed by atoms with E-state index >= 15 is 0 Å². The van der Waals surface area contributed by atoms with Crippen LogP contribution in [0, 0.1) is 0 Å². The third-order valence-corrected chi connectivity index (χ3v) is 12.2. The predicted molar refractivity (Wildman–Crippen MR) is 235 cm³/mol. The van der Waals surface area contributed by atoms with Crippen LogP contribution in [-0.2, 0) is 5.41 Å². The van der Waals surface area contributed by atoms with Crippen LogP contribution in [0.2, 0.25) is 0 Å². The van der Waals surface area contributed by atoms with Crippen LogP contribution >= 0.6 is 11.3 Å². The van der Waals surface area contributed by atoms with Gasteiger partial charge in [0.1, 0.15) is 5.82 Å². The lowest BCUT2D eigenvalue weighted by molar-refractivity contribution is 0.591. The Morgan fingerprint density at radius 1 is 0.630 bits per heavy atom. The normalized spacial score (nSPS) is 12.4. The highest BCUT2D eigenvalue weighted by molar-refractivity contribution is 7.26. The molecule has 3 nitrogen and oxygen atoms in total. The largest absolute Gasteiger partial charge is 0.309 e. The van der Waals surface area contributed by atoms with Crippen molar-refractivity contribution in [2.45, 2.75) is 33.1 Å². The molecule has 3 heterocycles. The number of hydrogen-bond acceptors (Lipinski definition) is 2. The van der Waals surface area contributed by atoms with Gasteiger partial charge in [0.05, 0.1) is 22.4 Å². The lowest BCUT2D eigenvalue weighted by Crippen LogP contribution is -2.10. The van der Waals surface area contributed by atoms with Gasteiger partial charge in [0, 0.05) is 53.3 Å². The van der Waals surface area contributed by atoms with E-state index in [1.807, 2.05) is 36.5 Å². The monoisotopic (exact) mass is 713 g/mol. The molecule has 0 aliphatic carbocycles. The van der Waals surface area contributed by atoms with Crippen LogP contribution in [0.15, 0.2) is 146 Å². The van der Waals surface area contributed by atoms with Gasteiger partial charge in [0.25, 0.3) is 0 Å². The smallest absolute Gasteiger partial charge is 0.145 e. The highest BCUT2D eigenvalue weighted by Crippen LogP contribution is 2.48. The minimum absolute atomic E-state index is 0.0730. The molecule has 3 aromatic heterocycles. The zero-order chi connectivity index (χ0) is 36.7. The first-order valence-electron chi connectivity index (χ1n) is 18.6. The van der Waals surface area contributed by atoms with Gasteiger partial charge in [-0.15, -0.1) is 11.3 Å². The van der Waals surface area contributed by atoms with Gasteiger partial charge in [-0.2, -0.15) is 0 Å². The average molecular weight is 714 g/mol. The molecule has 0 aliphatic rings. The van der Waals surface area contributed by atoms with Crippen molar-refractivity contribution in [3.63, 3.8) is 0 Å². The third kappa shape index (κ3) is 4.76. The van der Waals surface area contributed by atoms with E-state index in [9.17, 15) is 0 Å². The Morgan fingerprint density at radius 2 is 1.30 bits per heavy atom. The number of fused-ring (bicyclic) bond motifs is 12. The zero-order valence-electron chi connectivity index (χ0n) is 30.9. The molecule has 0 unspecified atom stereocenters. The summed E-state index contributed by atoms with van der Waals surface area (Å²) in [4.78, 5) is 5.16. The number of benzene rings is 7. The summed E-state index contributed by atoms with van der Waals surface area (Å²) in [5, 5.41) is 10.4. The van der Waals surface area contributed by atoms with Crippen molar-refractivity contribution in [1.29, 1.82) is 0 Å². The van der Waals surface area contributed by atoms with Crippen molar-refractivity contribution >= 4 is 87.0 Å². The molecule has 0 bridgehead atoms. The summed E-state index contributed by atoms with van der Waals surface area (Å²) in [6, 6.07) is 49.0. The molecule has 54 heavy (non-hydrogen) atoms. The quantitative estimate of drug-likeness (QED) is 0.163. The molecular weight excluding hydrogens is 675 g/mol. The second-order valence-corrected chi connectivity index (χ2v) is 16.2. The molecular formula is C50H39N3S. The standard InChI is InChI=1S/C50H39N3S/c1-6-15-41-42(7-2)53(33-16-9-8-10-17-33)49(51-41)31-22-25-34(26-23-31)52-43-28-27-39-40-30-32(50(3,4)5)24-29-44(40)54-48(39)46(43)45-37-20-13-11-18-35(37)36-19-12-14-21-38(36)47(45)52/h6-30H,2H2,1,3-5H3/b15-6-. The fourth-order valence-corrected chi connectivity index (χ4v) is 9.67. The molecule has 7 aromatic carbocycles. The molecule has 0 N–H and O–H groups in total. The Bertz CT molecular complexity index is 3150. The maximum absolute atomic E-state index is 5.16. The average Bonchev–Trinajstić information content (AvgIpc) is 3.88. The summed E-state index contributed by atoms with van der Waals surface area (Å²) in [7, 11) is 0. The SMILES string of the molecule is C=Cc1c(/C=C\C)nc(-c2ccc(-n3c4ccc5c6cc(C(C)(C)C)ccc6sc5c4c4c5ccccc5c5ccccc5c43)cc2)n1-c1ccccc1. The Hall–Kier alpha value is -6.23.